The SMILES string of the molecule is CC(Cn1cnc2cc(Cl)ncc2c1=O)CC(F)(F)F. The summed E-state index contributed by atoms with van der Waals surface area (Å²) in [6.45, 7) is 1.38. The lowest BCUT2D eigenvalue weighted by atomic mass is 10.1. The van der Waals surface area contributed by atoms with Crippen LogP contribution in [-0.4, -0.2) is 20.7 Å². The highest BCUT2D eigenvalue weighted by Crippen LogP contribution is 2.25. The third-order valence-electron chi connectivity index (χ3n) is 2.76. The molecule has 0 fully saturated rings. The molecule has 2 aromatic heterocycles. The van der Waals surface area contributed by atoms with Crippen molar-refractivity contribution in [2.45, 2.75) is 26.1 Å². The van der Waals surface area contributed by atoms with Crippen LogP contribution in [0.4, 0.5) is 13.2 Å². The van der Waals surface area contributed by atoms with Gasteiger partial charge in [-0.3, -0.25) is 9.36 Å². The molecule has 0 saturated heterocycles. The van der Waals surface area contributed by atoms with Gasteiger partial charge in [0.25, 0.3) is 5.56 Å². The Kier molecular flexibility index (Phi) is 3.99. The van der Waals surface area contributed by atoms with E-state index in [1.165, 1.54) is 25.5 Å². The molecule has 2 rings (SSSR count). The van der Waals surface area contributed by atoms with Gasteiger partial charge in [-0.25, -0.2) is 9.97 Å². The van der Waals surface area contributed by atoms with E-state index in [4.69, 9.17) is 11.6 Å². The molecule has 0 aliphatic carbocycles. The summed E-state index contributed by atoms with van der Waals surface area (Å²) < 4.78 is 38.0. The first-order valence-electron chi connectivity index (χ1n) is 5.84. The van der Waals surface area contributed by atoms with Crippen LogP contribution >= 0.6 is 11.6 Å². The molecule has 0 aliphatic rings. The van der Waals surface area contributed by atoms with Gasteiger partial charge < -0.3 is 0 Å². The van der Waals surface area contributed by atoms with E-state index in [1.54, 1.807) is 0 Å². The molecule has 0 aliphatic heterocycles. The highest BCUT2D eigenvalue weighted by molar-refractivity contribution is 6.29. The first kappa shape index (κ1) is 14.8. The van der Waals surface area contributed by atoms with Gasteiger partial charge in [0.05, 0.1) is 17.2 Å². The van der Waals surface area contributed by atoms with Gasteiger partial charge in [0.15, 0.2) is 0 Å². The summed E-state index contributed by atoms with van der Waals surface area (Å²) in [4.78, 5) is 19.9. The van der Waals surface area contributed by atoms with E-state index in [0.717, 1.165) is 4.57 Å². The van der Waals surface area contributed by atoms with E-state index in [1.807, 2.05) is 0 Å². The number of alkyl halides is 3. The Hall–Kier alpha value is -1.63. The van der Waals surface area contributed by atoms with Crippen molar-refractivity contribution in [3.8, 4) is 0 Å². The van der Waals surface area contributed by atoms with Crippen LogP contribution in [0.1, 0.15) is 13.3 Å². The number of fused-ring (bicyclic) bond motifs is 1. The molecule has 2 heterocycles. The lowest BCUT2D eigenvalue weighted by molar-refractivity contribution is -0.144. The Bertz CT molecular complexity index is 684. The third-order valence-corrected chi connectivity index (χ3v) is 2.97. The van der Waals surface area contributed by atoms with Crippen molar-refractivity contribution in [3.05, 3.63) is 34.1 Å². The first-order valence-corrected chi connectivity index (χ1v) is 6.21. The molecule has 108 valence electrons. The molecule has 0 aromatic carbocycles. The fraction of sp³-hybridized carbons (Fsp3) is 0.417. The molecule has 0 spiro atoms. The van der Waals surface area contributed by atoms with Crippen LogP contribution in [0, 0.1) is 5.92 Å². The van der Waals surface area contributed by atoms with Gasteiger partial charge in [-0.2, -0.15) is 13.2 Å². The van der Waals surface area contributed by atoms with Crippen LogP contribution in [0.15, 0.2) is 23.4 Å². The van der Waals surface area contributed by atoms with Crippen molar-refractivity contribution < 1.29 is 13.2 Å². The lowest BCUT2D eigenvalue weighted by Crippen LogP contribution is -2.26. The maximum Gasteiger partial charge on any atom is 0.389 e. The molecule has 1 atom stereocenters. The number of hydrogen-bond donors (Lipinski definition) is 0. The molecule has 2 aromatic rings. The van der Waals surface area contributed by atoms with E-state index in [2.05, 4.69) is 9.97 Å². The van der Waals surface area contributed by atoms with Crippen LogP contribution in [0.25, 0.3) is 10.9 Å². The standard InChI is InChI=1S/C12H11ClF3N3O/c1-7(3-12(14,15)16)5-19-6-18-9-2-10(13)17-4-8(9)11(19)20/h2,4,6-7H,3,5H2,1H3. The molecule has 0 saturated carbocycles. The van der Waals surface area contributed by atoms with Crippen molar-refractivity contribution in [1.82, 2.24) is 14.5 Å². The summed E-state index contributed by atoms with van der Waals surface area (Å²) in [5.74, 6) is -0.716. The molecule has 4 nitrogen and oxygen atoms in total. The van der Waals surface area contributed by atoms with Crippen LogP contribution < -0.4 is 5.56 Å². The third kappa shape index (κ3) is 3.47. The maximum absolute atomic E-state index is 12.3. The molecule has 0 N–H and O–H groups in total. The minimum absolute atomic E-state index is 0.0517. The van der Waals surface area contributed by atoms with Crippen LogP contribution in [0.5, 0.6) is 0 Å². The van der Waals surface area contributed by atoms with Gasteiger partial charge in [-0.1, -0.05) is 18.5 Å². The number of rotatable bonds is 3. The number of pyridine rings is 1. The van der Waals surface area contributed by atoms with Crippen molar-refractivity contribution in [1.29, 1.82) is 0 Å². The molecule has 1 unspecified atom stereocenters. The van der Waals surface area contributed by atoms with Gasteiger partial charge >= 0.3 is 6.18 Å². The number of halogens is 4. The number of nitrogens with zero attached hydrogens (tertiary/aromatic N) is 3. The van der Waals surface area contributed by atoms with Gasteiger partial charge in [-0.15, -0.1) is 0 Å². The van der Waals surface area contributed by atoms with Crippen LogP contribution in [0.3, 0.4) is 0 Å². The van der Waals surface area contributed by atoms with Crippen LogP contribution in [0.2, 0.25) is 5.15 Å². The van der Waals surface area contributed by atoms with Gasteiger partial charge in [0, 0.05) is 25.2 Å². The number of aromatic nitrogens is 3. The van der Waals surface area contributed by atoms with Crippen LogP contribution in [-0.2, 0) is 6.54 Å². The first-order chi connectivity index (χ1) is 9.26. The second-order valence-corrected chi connectivity index (χ2v) is 5.04. The molecule has 0 radical (unpaired) electrons. The molecule has 0 amide bonds. The average molecular weight is 306 g/mol. The monoisotopic (exact) mass is 305 g/mol. The smallest absolute Gasteiger partial charge is 0.298 e. The minimum atomic E-state index is -4.25. The molecular weight excluding hydrogens is 295 g/mol. The Morgan fingerprint density at radius 2 is 2.10 bits per heavy atom. The Morgan fingerprint density at radius 3 is 2.75 bits per heavy atom. The zero-order valence-corrected chi connectivity index (χ0v) is 11.2. The normalized spacial score (nSPS) is 13.7. The predicted octanol–water partition coefficient (Wildman–Crippen LogP) is 3.03. The maximum atomic E-state index is 12.3. The largest absolute Gasteiger partial charge is 0.389 e. The van der Waals surface area contributed by atoms with E-state index in [-0.39, 0.29) is 17.1 Å². The highest BCUT2D eigenvalue weighted by atomic mass is 35.5. The number of hydrogen-bond acceptors (Lipinski definition) is 3. The Morgan fingerprint density at radius 1 is 1.40 bits per heavy atom. The summed E-state index contributed by atoms with van der Waals surface area (Å²) in [5.41, 5.74) is -0.0529. The van der Waals surface area contributed by atoms with Gasteiger partial charge in [-0.05, 0) is 5.92 Å². The molecular formula is C12H11ClF3N3O. The summed E-state index contributed by atoms with van der Waals surface area (Å²) in [6.07, 6.45) is -2.69. The van der Waals surface area contributed by atoms with E-state index < -0.39 is 24.1 Å². The van der Waals surface area contributed by atoms with Crippen molar-refractivity contribution in [2.75, 3.05) is 0 Å². The Labute approximate surface area is 117 Å². The Balaban J connectivity index is 2.30. The highest BCUT2D eigenvalue weighted by Gasteiger charge is 2.30. The topological polar surface area (TPSA) is 47.8 Å². The fourth-order valence-electron chi connectivity index (χ4n) is 1.96. The van der Waals surface area contributed by atoms with Gasteiger partial charge in [0.1, 0.15) is 5.15 Å². The van der Waals surface area contributed by atoms with Crippen molar-refractivity contribution >= 4 is 22.5 Å². The van der Waals surface area contributed by atoms with E-state index >= 15 is 0 Å². The fourth-order valence-corrected chi connectivity index (χ4v) is 2.11. The van der Waals surface area contributed by atoms with E-state index in [9.17, 15) is 18.0 Å². The zero-order valence-electron chi connectivity index (χ0n) is 10.5. The minimum Gasteiger partial charge on any atom is -0.298 e. The van der Waals surface area contributed by atoms with E-state index in [0.29, 0.717) is 5.52 Å². The summed E-state index contributed by atoms with van der Waals surface area (Å²) in [7, 11) is 0. The zero-order chi connectivity index (χ0) is 14.9. The quantitative estimate of drug-likeness (QED) is 0.819. The predicted molar refractivity (Wildman–Crippen MR) is 68.6 cm³/mol. The van der Waals surface area contributed by atoms with Crippen molar-refractivity contribution in [2.24, 2.45) is 5.92 Å². The lowest BCUT2D eigenvalue weighted by Gasteiger charge is -2.15. The average Bonchev–Trinajstić information content (AvgIpc) is 2.30. The van der Waals surface area contributed by atoms with Crippen molar-refractivity contribution in [3.63, 3.8) is 0 Å². The summed E-state index contributed by atoms with van der Waals surface area (Å²) in [6, 6.07) is 1.43. The van der Waals surface area contributed by atoms with Gasteiger partial charge in [0.2, 0.25) is 0 Å². The summed E-state index contributed by atoms with van der Waals surface area (Å²) in [5, 5.41) is 0.434. The second kappa shape index (κ2) is 5.40. The summed E-state index contributed by atoms with van der Waals surface area (Å²) >= 11 is 5.68. The molecule has 0 bridgehead atoms. The molecule has 8 heteroatoms. The molecule has 20 heavy (non-hydrogen) atoms. The second-order valence-electron chi connectivity index (χ2n) is 4.65.